The minimum Gasteiger partial charge on any atom is -0.338 e. The Morgan fingerprint density at radius 1 is 0.903 bits per heavy atom. The number of fused-ring (bicyclic) bond motifs is 3. The number of aryl methyl sites for hydroxylation is 1. The Hall–Kier alpha value is -3.61. The number of rotatable bonds is 4. The van der Waals surface area contributed by atoms with Crippen LogP contribution in [-0.2, 0) is 26.7 Å². The summed E-state index contributed by atoms with van der Waals surface area (Å²) < 4.78 is 4.81. The number of anilines is 1. The monoisotopic (exact) mass is 415 g/mol. The van der Waals surface area contributed by atoms with Crippen molar-refractivity contribution in [1.82, 2.24) is 18.7 Å². The van der Waals surface area contributed by atoms with Crippen LogP contribution in [0.25, 0.3) is 11.2 Å². The summed E-state index contributed by atoms with van der Waals surface area (Å²) in [7, 11) is 1.69. The summed E-state index contributed by atoms with van der Waals surface area (Å²) in [5.41, 5.74) is 2.41. The smallest absolute Gasteiger partial charge is 0.332 e. The van der Waals surface area contributed by atoms with Crippen LogP contribution in [0.1, 0.15) is 18.1 Å². The van der Waals surface area contributed by atoms with Crippen molar-refractivity contribution in [3.8, 4) is 0 Å². The van der Waals surface area contributed by atoms with Gasteiger partial charge in [0, 0.05) is 26.7 Å². The fraction of sp³-hybridized carbons (Fsp3) is 0.292. The highest BCUT2D eigenvalue weighted by Crippen LogP contribution is 2.28. The standard InChI is InChI=1S/C24H25N5O2/c1-17-13-27(15-18-9-5-3-6-10-18)23-25-21-20(28(23)14-17)22(30)29(24(31)26(21)2)16-19-11-7-4-8-12-19/h3-12,17H,13-16H2,1-2H3/t17-/m1/s1. The van der Waals surface area contributed by atoms with Crippen LogP contribution in [-0.4, -0.2) is 25.2 Å². The Balaban J connectivity index is 1.66. The SMILES string of the molecule is C[C@@H]1CN(Cc2ccccc2)c2nc3c(c(=O)n(Cc4ccccc4)c(=O)n3C)n2C1. The number of nitrogens with zero attached hydrogens (tertiary/aromatic N) is 5. The molecule has 0 bridgehead atoms. The normalized spacial score (nSPS) is 15.9. The van der Waals surface area contributed by atoms with Gasteiger partial charge in [0.15, 0.2) is 11.2 Å². The van der Waals surface area contributed by atoms with E-state index in [2.05, 4.69) is 24.0 Å². The quantitative estimate of drug-likeness (QED) is 0.514. The van der Waals surface area contributed by atoms with Crippen LogP contribution in [0.2, 0.25) is 0 Å². The summed E-state index contributed by atoms with van der Waals surface area (Å²) in [6, 6.07) is 19.8. The van der Waals surface area contributed by atoms with E-state index >= 15 is 0 Å². The van der Waals surface area contributed by atoms with Crippen molar-refractivity contribution in [2.75, 3.05) is 11.4 Å². The van der Waals surface area contributed by atoms with Gasteiger partial charge in [-0.05, 0) is 17.0 Å². The molecule has 5 rings (SSSR count). The van der Waals surface area contributed by atoms with E-state index in [0.29, 0.717) is 30.2 Å². The molecule has 4 aromatic rings. The van der Waals surface area contributed by atoms with Gasteiger partial charge in [-0.3, -0.25) is 13.9 Å². The van der Waals surface area contributed by atoms with Crippen molar-refractivity contribution in [3.63, 3.8) is 0 Å². The van der Waals surface area contributed by atoms with E-state index in [1.165, 1.54) is 14.7 Å². The van der Waals surface area contributed by atoms with Crippen molar-refractivity contribution in [2.24, 2.45) is 13.0 Å². The van der Waals surface area contributed by atoms with Crippen LogP contribution in [0.4, 0.5) is 5.95 Å². The average molecular weight is 415 g/mol. The van der Waals surface area contributed by atoms with E-state index in [0.717, 1.165) is 18.1 Å². The van der Waals surface area contributed by atoms with E-state index in [-0.39, 0.29) is 17.8 Å². The maximum atomic E-state index is 13.5. The van der Waals surface area contributed by atoms with E-state index in [4.69, 9.17) is 4.98 Å². The lowest BCUT2D eigenvalue weighted by molar-refractivity contribution is 0.435. The fourth-order valence-electron chi connectivity index (χ4n) is 4.45. The van der Waals surface area contributed by atoms with Crippen LogP contribution in [0, 0.1) is 5.92 Å². The Bertz CT molecular complexity index is 1350. The third kappa shape index (κ3) is 3.36. The van der Waals surface area contributed by atoms with E-state index < -0.39 is 0 Å². The highest BCUT2D eigenvalue weighted by atomic mass is 16.2. The number of hydrogen-bond acceptors (Lipinski definition) is 4. The number of benzene rings is 2. The molecule has 2 aromatic carbocycles. The van der Waals surface area contributed by atoms with Crippen LogP contribution in [0.5, 0.6) is 0 Å². The second-order valence-corrected chi connectivity index (χ2v) is 8.38. The van der Waals surface area contributed by atoms with Gasteiger partial charge in [-0.15, -0.1) is 0 Å². The average Bonchev–Trinajstić information content (AvgIpc) is 3.16. The van der Waals surface area contributed by atoms with Gasteiger partial charge in [0.05, 0.1) is 6.54 Å². The van der Waals surface area contributed by atoms with Gasteiger partial charge in [-0.2, -0.15) is 4.98 Å². The Morgan fingerprint density at radius 3 is 2.16 bits per heavy atom. The van der Waals surface area contributed by atoms with Gasteiger partial charge in [-0.1, -0.05) is 67.6 Å². The topological polar surface area (TPSA) is 65.1 Å². The van der Waals surface area contributed by atoms with Gasteiger partial charge >= 0.3 is 5.69 Å². The molecule has 0 saturated heterocycles. The molecule has 31 heavy (non-hydrogen) atoms. The molecule has 158 valence electrons. The first kappa shape index (κ1) is 19.4. The molecule has 0 radical (unpaired) electrons. The van der Waals surface area contributed by atoms with Crippen molar-refractivity contribution in [1.29, 1.82) is 0 Å². The summed E-state index contributed by atoms with van der Waals surface area (Å²) in [6.45, 7) is 4.68. The molecule has 0 N–H and O–H groups in total. The number of imidazole rings is 1. The fourth-order valence-corrected chi connectivity index (χ4v) is 4.45. The van der Waals surface area contributed by atoms with Crippen LogP contribution in [0.3, 0.4) is 0 Å². The first-order valence-electron chi connectivity index (χ1n) is 10.6. The molecule has 0 unspecified atom stereocenters. The summed E-state index contributed by atoms with van der Waals surface area (Å²) in [5.74, 6) is 1.11. The van der Waals surface area contributed by atoms with Crippen LogP contribution in [0.15, 0.2) is 70.3 Å². The van der Waals surface area contributed by atoms with Gasteiger partial charge in [0.2, 0.25) is 5.95 Å². The van der Waals surface area contributed by atoms with Crippen molar-refractivity contribution >= 4 is 17.1 Å². The summed E-state index contributed by atoms with van der Waals surface area (Å²) in [4.78, 5) is 33.5. The predicted molar refractivity (Wildman–Crippen MR) is 121 cm³/mol. The molecule has 1 aliphatic heterocycles. The van der Waals surface area contributed by atoms with Crippen LogP contribution < -0.4 is 16.1 Å². The highest BCUT2D eigenvalue weighted by molar-refractivity contribution is 5.75. The van der Waals surface area contributed by atoms with Crippen LogP contribution >= 0.6 is 0 Å². The third-order valence-corrected chi connectivity index (χ3v) is 5.92. The van der Waals surface area contributed by atoms with Crippen molar-refractivity contribution in [2.45, 2.75) is 26.6 Å². The molecule has 0 saturated carbocycles. The third-order valence-electron chi connectivity index (χ3n) is 5.92. The Labute approximate surface area is 179 Å². The molecule has 1 atom stereocenters. The Kier molecular flexibility index (Phi) is 4.73. The summed E-state index contributed by atoms with van der Waals surface area (Å²) in [6.07, 6.45) is 0. The minimum absolute atomic E-state index is 0.242. The zero-order chi connectivity index (χ0) is 21.5. The van der Waals surface area contributed by atoms with E-state index in [1.54, 1.807) is 7.05 Å². The summed E-state index contributed by atoms with van der Waals surface area (Å²) >= 11 is 0. The van der Waals surface area contributed by atoms with Gasteiger partial charge in [0.25, 0.3) is 5.56 Å². The molecule has 0 amide bonds. The summed E-state index contributed by atoms with van der Waals surface area (Å²) in [5, 5.41) is 0. The first-order chi connectivity index (χ1) is 15.0. The van der Waals surface area contributed by atoms with Crippen molar-refractivity contribution < 1.29 is 0 Å². The first-order valence-corrected chi connectivity index (χ1v) is 10.6. The highest BCUT2D eigenvalue weighted by Gasteiger charge is 2.29. The lowest BCUT2D eigenvalue weighted by atomic mass is 10.1. The maximum Gasteiger partial charge on any atom is 0.332 e. The molecule has 0 aliphatic carbocycles. The molecule has 1 aliphatic rings. The second kappa shape index (κ2) is 7.58. The lowest BCUT2D eigenvalue weighted by Crippen LogP contribution is -2.41. The van der Waals surface area contributed by atoms with Gasteiger partial charge in [0.1, 0.15) is 0 Å². The lowest BCUT2D eigenvalue weighted by Gasteiger charge is -2.33. The largest absolute Gasteiger partial charge is 0.338 e. The maximum absolute atomic E-state index is 13.5. The molecule has 0 fully saturated rings. The Morgan fingerprint density at radius 2 is 1.52 bits per heavy atom. The van der Waals surface area contributed by atoms with E-state index in [1.807, 2.05) is 53.1 Å². The van der Waals surface area contributed by atoms with Gasteiger partial charge in [-0.25, -0.2) is 4.79 Å². The zero-order valence-corrected chi connectivity index (χ0v) is 17.7. The van der Waals surface area contributed by atoms with Crippen molar-refractivity contribution in [3.05, 3.63) is 92.6 Å². The molecular weight excluding hydrogens is 390 g/mol. The molecule has 7 heteroatoms. The number of aromatic nitrogens is 4. The number of hydrogen-bond donors (Lipinski definition) is 0. The molecule has 0 spiro atoms. The molecule has 7 nitrogen and oxygen atoms in total. The molecular formula is C24H25N5O2. The van der Waals surface area contributed by atoms with E-state index in [9.17, 15) is 9.59 Å². The predicted octanol–water partition coefficient (Wildman–Crippen LogP) is 2.60. The molecule has 2 aromatic heterocycles. The minimum atomic E-state index is -0.348. The molecule has 3 heterocycles. The zero-order valence-electron chi connectivity index (χ0n) is 17.7. The van der Waals surface area contributed by atoms with Gasteiger partial charge < -0.3 is 9.47 Å². The second-order valence-electron chi connectivity index (χ2n) is 8.38.